The molecule has 0 N–H and O–H groups in total. The molecule has 0 radical (unpaired) electrons. The summed E-state index contributed by atoms with van der Waals surface area (Å²) in [5.74, 6) is -0.354. The molecule has 0 saturated carbocycles. The van der Waals surface area contributed by atoms with Gasteiger partial charge in [0.1, 0.15) is 0 Å². The van der Waals surface area contributed by atoms with Crippen molar-refractivity contribution in [2.75, 3.05) is 5.75 Å². The summed E-state index contributed by atoms with van der Waals surface area (Å²) < 4.78 is 28.9. The standard InChI is InChI=1S/C3H7O3S.2Na/c1-2-3-7(4,5)6;;/h1-3H2,(H,4,5,6);;/q-1;2*+1/p-1. The van der Waals surface area contributed by atoms with Gasteiger partial charge in [0, 0.05) is 5.75 Å². The maximum atomic E-state index is 9.64. The molecule has 0 saturated heterocycles. The van der Waals surface area contributed by atoms with Crippen LogP contribution in [0.4, 0.5) is 0 Å². The Kier molecular flexibility index (Phi) is 15.2. The van der Waals surface area contributed by atoms with Crippen LogP contribution in [0.3, 0.4) is 0 Å². The molecular weight excluding hydrogens is 162 g/mol. The van der Waals surface area contributed by atoms with Crippen LogP contribution in [0, 0.1) is 6.92 Å². The molecule has 0 aliphatic carbocycles. The van der Waals surface area contributed by atoms with Crippen LogP contribution in [0.5, 0.6) is 0 Å². The van der Waals surface area contributed by atoms with Crippen LogP contribution in [0.1, 0.15) is 6.42 Å². The largest absolute Gasteiger partial charge is 1.00 e. The quantitative estimate of drug-likeness (QED) is 0.234. The van der Waals surface area contributed by atoms with E-state index in [1.807, 2.05) is 0 Å². The Morgan fingerprint density at radius 2 is 1.67 bits per heavy atom. The van der Waals surface area contributed by atoms with Crippen molar-refractivity contribution in [2.45, 2.75) is 6.42 Å². The predicted octanol–water partition coefficient (Wildman–Crippen LogP) is -6.24. The van der Waals surface area contributed by atoms with Gasteiger partial charge in [0.05, 0.1) is 10.1 Å². The van der Waals surface area contributed by atoms with E-state index < -0.39 is 10.1 Å². The van der Waals surface area contributed by atoms with Gasteiger partial charge in [0.15, 0.2) is 0 Å². The first-order chi connectivity index (χ1) is 3.06. The van der Waals surface area contributed by atoms with E-state index in [-0.39, 0.29) is 71.3 Å². The maximum absolute atomic E-state index is 9.64. The summed E-state index contributed by atoms with van der Waals surface area (Å²) >= 11 is 0. The monoisotopic (exact) mass is 168 g/mol. The van der Waals surface area contributed by atoms with Crippen LogP contribution in [0.2, 0.25) is 0 Å². The topological polar surface area (TPSA) is 57.2 Å². The molecule has 0 aliphatic rings. The normalized spacial score (nSPS) is 9.11. The van der Waals surface area contributed by atoms with Crippen molar-refractivity contribution in [3.8, 4) is 0 Å². The minimum atomic E-state index is -3.99. The molecule has 0 aromatic heterocycles. The summed E-state index contributed by atoms with van der Waals surface area (Å²) in [6.07, 6.45) is 0.159. The number of hydrogen-bond acceptors (Lipinski definition) is 3. The van der Waals surface area contributed by atoms with Crippen LogP contribution >= 0.6 is 0 Å². The third-order valence-electron chi connectivity index (χ3n) is 0.394. The molecule has 0 atom stereocenters. The second-order valence-electron chi connectivity index (χ2n) is 1.12. The van der Waals surface area contributed by atoms with Gasteiger partial charge in [-0.1, -0.05) is 0 Å². The number of hydrogen-bond donors (Lipinski definition) is 0. The fourth-order valence-electron chi connectivity index (χ4n) is 0.177. The van der Waals surface area contributed by atoms with E-state index in [1.165, 1.54) is 0 Å². The van der Waals surface area contributed by atoms with Gasteiger partial charge in [-0.2, -0.15) is 6.42 Å². The third kappa shape index (κ3) is 17.8. The minimum Gasteiger partial charge on any atom is -0.748 e. The zero-order valence-corrected chi connectivity index (χ0v) is 10.6. The van der Waals surface area contributed by atoms with E-state index in [9.17, 15) is 13.0 Å². The van der Waals surface area contributed by atoms with Gasteiger partial charge in [0.2, 0.25) is 0 Å². The summed E-state index contributed by atoms with van der Waals surface area (Å²) in [7, 11) is -3.99. The molecule has 6 heteroatoms. The van der Waals surface area contributed by atoms with Gasteiger partial charge in [0.25, 0.3) is 0 Å². The van der Waals surface area contributed by atoms with E-state index in [0.29, 0.717) is 0 Å². The summed E-state index contributed by atoms with van der Waals surface area (Å²) in [4.78, 5) is 0. The predicted molar refractivity (Wildman–Crippen MR) is 24.5 cm³/mol. The molecule has 0 unspecified atom stereocenters. The van der Waals surface area contributed by atoms with E-state index in [0.717, 1.165) is 0 Å². The molecule has 0 rings (SSSR count). The van der Waals surface area contributed by atoms with E-state index in [4.69, 9.17) is 0 Å². The summed E-state index contributed by atoms with van der Waals surface area (Å²) in [5.41, 5.74) is 0. The number of rotatable bonds is 2. The zero-order chi connectivity index (χ0) is 5.91. The van der Waals surface area contributed by atoms with Crippen LogP contribution < -0.4 is 59.1 Å². The second kappa shape index (κ2) is 8.01. The van der Waals surface area contributed by atoms with Crippen LogP contribution in [0.25, 0.3) is 0 Å². The SMILES string of the molecule is [CH2-]CCS(=O)(=O)[O-].[Na+].[Na+]. The summed E-state index contributed by atoms with van der Waals surface area (Å²) in [6, 6.07) is 0. The Morgan fingerprint density at radius 3 is 1.67 bits per heavy atom. The average molecular weight is 168 g/mol. The van der Waals surface area contributed by atoms with Crippen LogP contribution in [-0.2, 0) is 10.1 Å². The molecule has 3 nitrogen and oxygen atoms in total. The van der Waals surface area contributed by atoms with Gasteiger partial charge in [-0.25, -0.2) is 8.42 Å². The fraction of sp³-hybridized carbons (Fsp3) is 0.667. The molecule has 0 aliphatic heterocycles. The van der Waals surface area contributed by atoms with Crippen molar-refractivity contribution in [1.29, 1.82) is 0 Å². The Morgan fingerprint density at radius 1 is 1.33 bits per heavy atom. The average Bonchev–Trinajstić information content (AvgIpc) is 1.30. The molecule has 44 valence electrons. The van der Waals surface area contributed by atoms with Crippen molar-refractivity contribution in [1.82, 2.24) is 0 Å². The van der Waals surface area contributed by atoms with Crippen LogP contribution in [-0.4, -0.2) is 18.7 Å². The Balaban J connectivity index is -0.000000180. The Hall–Kier alpha value is 1.91. The molecule has 0 amide bonds. The van der Waals surface area contributed by atoms with E-state index >= 15 is 0 Å². The smallest absolute Gasteiger partial charge is 0.748 e. The van der Waals surface area contributed by atoms with Crippen LogP contribution in [0.15, 0.2) is 0 Å². The minimum absolute atomic E-state index is 0. The van der Waals surface area contributed by atoms with E-state index in [2.05, 4.69) is 6.92 Å². The van der Waals surface area contributed by atoms with Gasteiger partial charge in [-0.3, -0.25) is 0 Å². The van der Waals surface area contributed by atoms with Gasteiger partial charge < -0.3 is 11.5 Å². The van der Waals surface area contributed by atoms with Crippen molar-refractivity contribution in [3.63, 3.8) is 0 Å². The van der Waals surface area contributed by atoms with E-state index in [1.54, 1.807) is 0 Å². The molecule has 0 fully saturated rings. The fourth-order valence-corrected chi connectivity index (χ4v) is 0.530. The first-order valence-electron chi connectivity index (χ1n) is 1.79. The molecular formula is C3H6Na2O3S. The van der Waals surface area contributed by atoms with Crippen molar-refractivity contribution >= 4 is 10.1 Å². The summed E-state index contributed by atoms with van der Waals surface area (Å²) in [6.45, 7) is 3.19. The second-order valence-corrected chi connectivity index (χ2v) is 2.64. The van der Waals surface area contributed by atoms with Crippen molar-refractivity contribution in [2.24, 2.45) is 0 Å². The Bertz CT molecular complexity index is 130. The molecule has 0 aromatic rings. The van der Waals surface area contributed by atoms with Gasteiger partial charge >= 0.3 is 59.1 Å². The van der Waals surface area contributed by atoms with Crippen molar-refractivity contribution in [3.05, 3.63) is 6.92 Å². The molecule has 0 bridgehead atoms. The molecule has 0 aromatic carbocycles. The molecule has 0 heterocycles. The van der Waals surface area contributed by atoms with Crippen molar-refractivity contribution < 1.29 is 72.1 Å². The van der Waals surface area contributed by atoms with Gasteiger partial charge in [-0.05, 0) is 0 Å². The Labute approximate surface area is 99.9 Å². The third-order valence-corrected chi connectivity index (χ3v) is 1.18. The first kappa shape index (κ1) is 17.1. The first-order valence-corrected chi connectivity index (χ1v) is 3.37. The maximum Gasteiger partial charge on any atom is 1.00 e. The zero-order valence-electron chi connectivity index (χ0n) is 5.75. The molecule has 0 spiro atoms. The summed E-state index contributed by atoms with van der Waals surface area (Å²) in [5, 5.41) is 0. The molecule has 9 heavy (non-hydrogen) atoms. The van der Waals surface area contributed by atoms with Gasteiger partial charge in [-0.15, -0.1) is 0 Å².